The molecule has 0 fully saturated rings. The van der Waals surface area contributed by atoms with Crippen LogP contribution in [-0.2, 0) is 10.0 Å². The van der Waals surface area contributed by atoms with Crippen LogP contribution in [0, 0.1) is 5.92 Å². The van der Waals surface area contributed by atoms with E-state index in [0.717, 1.165) is 13.8 Å². The number of halogens is 8. The Kier molecular flexibility index (Phi) is 10.2. The molecule has 1 unspecified atom stereocenters. The van der Waals surface area contributed by atoms with Crippen molar-refractivity contribution in [2.75, 3.05) is 32.9 Å². The molecule has 5 nitrogen and oxygen atoms in total. The third-order valence-corrected chi connectivity index (χ3v) is 5.94. The van der Waals surface area contributed by atoms with E-state index in [1.165, 1.54) is 14.1 Å². The largest absolute Gasteiger partial charge is 0.431 e. The first-order valence-corrected chi connectivity index (χ1v) is 11.2. The highest BCUT2D eigenvalue weighted by atomic mass is 32.2. The molecule has 0 amide bonds. The van der Waals surface area contributed by atoms with Gasteiger partial charge in [0.25, 0.3) is 5.67 Å². The molecule has 2 N–H and O–H groups in total. The number of quaternary nitrogens is 1. The molecule has 31 heavy (non-hydrogen) atoms. The highest BCUT2D eigenvalue weighted by Crippen LogP contribution is 2.51. The maximum atomic E-state index is 14.1. The SMILES string of the molecule is CC(C)(F)CC(CCCS(=O)(=O)NCCC[N+](C)(C)O)CC(F)(C(F)(F)F)C(F)(F)F. The molecular formula is C17H31F8N2O3S+. The van der Waals surface area contributed by atoms with Gasteiger partial charge in [-0.15, -0.1) is 0 Å². The van der Waals surface area contributed by atoms with Crippen molar-refractivity contribution in [3.05, 3.63) is 0 Å². The van der Waals surface area contributed by atoms with Gasteiger partial charge in [0.1, 0.15) is 12.2 Å². The van der Waals surface area contributed by atoms with Crippen molar-refractivity contribution in [1.29, 1.82) is 0 Å². The summed E-state index contributed by atoms with van der Waals surface area (Å²) in [5.41, 5.74) is -7.71. The van der Waals surface area contributed by atoms with Gasteiger partial charge in [-0.3, -0.25) is 0 Å². The molecule has 0 aromatic rings. The van der Waals surface area contributed by atoms with Crippen LogP contribution in [0.5, 0.6) is 0 Å². The summed E-state index contributed by atoms with van der Waals surface area (Å²) in [4.78, 5) is 0. The van der Waals surface area contributed by atoms with Crippen molar-refractivity contribution in [3.8, 4) is 0 Å². The van der Waals surface area contributed by atoms with Crippen LogP contribution in [0.3, 0.4) is 0 Å². The number of hydrogen-bond acceptors (Lipinski definition) is 3. The summed E-state index contributed by atoms with van der Waals surface area (Å²) >= 11 is 0. The van der Waals surface area contributed by atoms with Gasteiger partial charge in [0.05, 0.1) is 19.8 Å². The predicted octanol–water partition coefficient (Wildman–Crippen LogP) is 4.52. The highest BCUT2D eigenvalue weighted by molar-refractivity contribution is 7.89. The summed E-state index contributed by atoms with van der Waals surface area (Å²) in [6.45, 7) is 2.05. The summed E-state index contributed by atoms with van der Waals surface area (Å²) in [7, 11) is -0.978. The summed E-state index contributed by atoms with van der Waals surface area (Å²) in [5, 5.41) is 9.49. The van der Waals surface area contributed by atoms with Crippen molar-refractivity contribution in [2.24, 2.45) is 5.92 Å². The van der Waals surface area contributed by atoms with Gasteiger partial charge < -0.3 is 0 Å². The molecule has 188 valence electrons. The average Bonchev–Trinajstić information content (AvgIpc) is 2.46. The molecule has 0 radical (unpaired) electrons. The third-order valence-electron chi connectivity index (χ3n) is 4.47. The minimum absolute atomic E-state index is 0.0404. The molecule has 0 spiro atoms. The molecule has 0 aliphatic rings. The van der Waals surface area contributed by atoms with E-state index in [-0.39, 0.29) is 25.9 Å². The van der Waals surface area contributed by atoms with Crippen LogP contribution in [0.1, 0.15) is 46.0 Å². The Morgan fingerprint density at radius 1 is 0.903 bits per heavy atom. The molecule has 0 rings (SSSR count). The van der Waals surface area contributed by atoms with E-state index in [1.807, 2.05) is 0 Å². The van der Waals surface area contributed by atoms with Crippen LogP contribution in [0.25, 0.3) is 0 Å². The molecule has 0 saturated carbocycles. The molecule has 14 heteroatoms. The zero-order chi connectivity index (χ0) is 24.9. The fourth-order valence-corrected chi connectivity index (χ4v) is 4.23. The van der Waals surface area contributed by atoms with Gasteiger partial charge in [-0.1, -0.05) is 0 Å². The van der Waals surface area contributed by atoms with E-state index >= 15 is 0 Å². The van der Waals surface area contributed by atoms with E-state index in [1.54, 1.807) is 0 Å². The van der Waals surface area contributed by atoms with Gasteiger partial charge >= 0.3 is 12.4 Å². The second kappa shape index (κ2) is 10.5. The lowest BCUT2D eigenvalue weighted by atomic mass is 9.82. The van der Waals surface area contributed by atoms with E-state index in [4.69, 9.17) is 0 Å². The second-order valence-corrected chi connectivity index (χ2v) is 10.8. The number of hydrogen-bond donors (Lipinski definition) is 2. The minimum atomic E-state index is -6.25. The third kappa shape index (κ3) is 11.6. The van der Waals surface area contributed by atoms with Gasteiger partial charge in [0.2, 0.25) is 10.0 Å². The number of alkyl halides is 8. The average molecular weight is 495 g/mol. The van der Waals surface area contributed by atoms with E-state index in [0.29, 0.717) is 0 Å². The lowest BCUT2D eigenvalue weighted by molar-refractivity contribution is -1.07. The Morgan fingerprint density at radius 2 is 1.39 bits per heavy atom. The Hall–Kier alpha value is -0.730. The summed E-state index contributed by atoms with van der Waals surface area (Å²) in [5.74, 6) is -2.33. The molecule has 0 aromatic heterocycles. The molecule has 0 aliphatic heterocycles. The van der Waals surface area contributed by atoms with Gasteiger partial charge in [-0.2, -0.15) is 31.0 Å². The Bertz CT molecular complexity index is 638. The maximum absolute atomic E-state index is 14.1. The maximum Gasteiger partial charge on any atom is 0.431 e. The van der Waals surface area contributed by atoms with Crippen LogP contribution in [0.2, 0.25) is 0 Å². The van der Waals surface area contributed by atoms with Gasteiger partial charge in [0.15, 0.2) is 0 Å². The van der Waals surface area contributed by atoms with Crippen LogP contribution >= 0.6 is 0 Å². The number of hydroxylamine groups is 3. The fourth-order valence-electron chi connectivity index (χ4n) is 3.08. The highest BCUT2D eigenvalue weighted by Gasteiger charge is 2.72. The Labute approximate surface area is 177 Å². The molecular weight excluding hydrogens is 464 g/mol. The van der Waals surface area contributed by atoms with Crippen molar-refractivity contribution in [2.45, 2.75) is 69.6 Å². The first-order chi connectivity index (χ1) is 13.5. The van der Waals surface area contributed by atoms with Crippen molar-refractivity contribution in [3.63, 3.8) is 0 Å². The van der Waals surface area contributed by atoms with Crippen molar-refractivity contribution in [1.82, 2.24) is 4.72 Å². The van der Waals surface area contributed by atoms with Crippen LogP contribution in [-0.4, -0.2) is 74.9 Å². The standard InChI is InChI=1S/C17H31F8N2O3S/c1-14(2,18)11-13(12-15(19,16(20,21)22)17(23,24)25)7-5-10-31(29,30)26-8-6-9-27(3,4)28/h13,26,28H,5-12H2,1-4H3/q+1. The summed E-state index contributed by atoms with van der Waals surface area (Å²) in [6.07, 6.45) is -16.0. The topological polar surface area (TPSA) is 66.4 Å². The number of sulfonamides is 1. The zero-order valence-electron chi connectivity index (χ0n) is 17.9. The molecule has 0 bridgehead atoms. The van der Waals surface area contributed by atoms with Crippen molar-refractivity contribution < 1.29 is 53.4 Å². The minimum Gasteiger partial charge on any atom is -0.244 e. The molecule has 0 heterocycles. The molecule has 0 aliphatic carbocycles. The van der Waals surface area contributed by atoms with Crippen molar-refractivity contribution >= 4 is 10.0 Å². The first kappa shape index (κ1) is 30.3. The van der Waals surface area contributed by atoms with E-state index in [9.17, 15) is 48.7 Å². The second-order valence-electron chi connectivity index (χ2n) is 8.84. The number of rotatable bonds is 13. The predicted molar refractivity (Wildman–Crippen MR) is 98.3 cm³/mol. The summed E-state index contributed by atoms with van der Waals surface area (Å²) in [6, 6.07) is 0. The van der Waals surface area contributed by atoms with Crippen LogP contribution in [0.15, 0.2) is 0 Å². The Morgan fingerprint density at radius 3 is 1.77 bits per heavy atom. The number of nitrogens with one attached hydrogen (secondary N) is 1. The van der Waals surface area contributed by atoms with Crippen LogP contribution < -0.4 is 4.72 Å². The van der Waals surface area contributed by atoms with Gasteiger partial charge in [-0.25, -0.2) is 27.1 Å². The van der Waals surface area contributed by atoms with Gasteiger partial charge in [-0.05, 0) is 39.0 Å². The quantitative estimate of drug-likeness (QED) is 0.171. The van der Waals surface area contributed by atoms with E-state index < -0.39 is 69.3 Å². The molecule has 1 atom stereocenters. The first-order valence-electron chi connectivity index (χ1n) is 9.53. The normalized spacial score (nSPS) is 15.9. The van der Waals surface area contributed by atoms with Gasteiger partial charge in [0, 0.05) is 19.4 Å². The lowest BCUT2D eigenvalue weighted by Gasteiger charge is -2.34. The zero-order valence-corrected chi connectivity index (χ0v) is 18.7. The molecule has 0 aromatic carbocycles. The van der Waals surface area contributed by atoms with E-state index in [2.05, 4.69) is 4.72 Å². The lowest BCUT2D eigenvalue weighted by Crippen LogP contribution is -2.54. The molecule has 0 saturated heterocycles. The summed E-state index contributed by atoms with van der Waals surface area (Å²) < 4.78 is 131. The monoisotopic (exact) mass is 495 g/mol. The smallest absolute Gasteiger partial charge is 0.244 e. The number of nitrogens with zero attached hydrogens (tertiary/aromatic N) is 1. The van der Waals surface area contributed by atoms with Crippen LogP contribution in [0.4, 0.5) is 35.1 Å². The Balaban J connectivity index is 5.12. The fraction of sp³-hybridized carbons (Fsp3) is 1.00.